The number of aryl methyl sites for hydroxylation is 1. The van der Waals surface area contributed by atoms with Crippen LogP contribution in [-0.4, -0.2) is 56.4 Å². The van der Waals surface area contributed by atoms with Crippen molar-refractivity contribution >= 4 is 57.7 Å². The van der Waals surface area contributed by atoms with Crippen molar-refractivity contribution in [1.29, 1.82) is 0 Å². The Morgan fingerprint density at radius 3 is 1.66 bits per heavy atom. The lowest BCUT2D eigenvalue weighted by molar-refractivity contribution is -0.275. The molecule has 0 aliphatic carbocycles. The van der Waals surface area contributed by atoms with Gasteiger partial charge in [0.15, 0.2) is 11.2 Å². The highest BCUT2D eigenvalue weighted by Crippen LogP contribution is 2.31. The summed E-state index contributed by atoms with van der Waals surface area (Å²) in [4.78, 5) is 67.4. The number of pyridine rings is 2. The summed E-state index contributed by atoms with van der Waals surface area (Å²) in [7, 11) is 2.97. The fourth-order valence-electron chi connectivity index (χ4n) is 6.76. The highest BCUT2D eigenvalue weighted by atomic mass is 35.5. The lowest BCUT2D eigenvalue weighted by Gasteiger charge is -2.12. The van der Waals surface area contributed by atoms with Gasteiger partial charge in [0.05, 0.1) is 45.8 Å². The quantitative estimate of drug-likeness (QED) is 0.0841. The molecule has 26 heteroatoms. The molecule has 0 spiro atoms. The van der Waals surface area contributed by atoms with E-state index in [1.165, 1.54) is 58.3 Å². The molecule has 0 saturated heterocycles. The molecular weight excluding hydrogens is 1010 g/mol. The normalized spacial score (nSPS) is 12.0. The van der Waals surface area contributed by atoms with Crippen molar-refractivity contribution < 1.29 is 45.3 Å². The number of rotatable bonds is 12. The van der Waals surface area contributed by atoms with E-state index in [9.17, 15) is 45.5 Å². The van der Waals surface area contributed by atoms with Gasteiger partial charge in [0.25, 0.3) is 11.1 Å². The van der Waals surface area contributed by atoms with Crippen molar-refractivity contribution in [3.63, 3.8) is 0 Å². The number of ether oxygens (including phenoxy) is 4. The lowest BCUT2D eigenvalue weighted by atomic mass is 10.2. The number of alkyl halides is 7. The van der Waals surface area contributed by atoms with Crippen LogP contribution in [0.3, 0.4) is 0 Å². The van der Waals surface area contributed by atoms with Crippen LogP contribution in [0.4, 0.5) is 32.2 Å². The first kappa shape index (κ1) is 53.2. The standard InChI is InChI=1S/C22H19ClF3N5O4.C17H16F3N3O4.C6H5Cl2N/c1-3-9-30-19(32)17-18(29(2)21(30)33)28-20(31(17)12-14-8-7-13(23)11-27-14)34-15-5-4-6-16(10-15)35-22(24,25)26;1-3-7-23-15(24)12-9-13(21-14(12)22(2)16(23)25)26-10-5-4-6-11(8-10)27-17(18,19)20;7-3-6-2-1-5(8)4-9-6/h4-8,10-11H,3,9,12H2,1-2H3;4-6,8H,3,7,9H2,1-2H3;1-2,4H,3H2. The van der Waals surface area contributed by atoms with Crippen LogP contribution in [-0.2, 0) is 46.0 Å². The Kier molecular flexibility index (Phi) is 17.1. The van der Waals surface area contributed by atoms with E-state index >= 15 is 0 Å². The molecule has 0 atom stereocenters. The van der Waals surface area contributed by atoms with Gasteiger partial charge in [0.2, 0.25) is 5.90 Å². The maximum Gasteiger partial charge on any atom is 0.573 e. The average Bonchev–Trinajstić information content (AvgIpc) is 3.90. The van der Waals surface area contributed by atoms with Crippen molar-refractivity contribution in [3.05, 3.63) is 154 Å². The third-order valence-corrected chi connectivity index (χ3v) is 10.5. The van der Waals surface area contributed by atoms with Gasteiger partial charge in [-0.3, -0.25) is 42.4 Å². The first-order valence-corrected chi connectivity index (χ1v) is 22.3. The molecule has 71 heavy (non-hydrogen) atoms. The number of hydrogen-bond donors (Lipinski definition) is 0. The molecule has 1 aliphatic rings. The smallest absolute Gasteiger partial charge is 0.442 e. The van der Waals surface area contributed by atoms with Crippen molar-refractivity contribution in [2.75, 3.05) is 0 Å². The van der Waals surface area contributed by atoms with Gasteiger partial charge in [-0.2, -0.15) is 9.98 Å². The first-order valence-electron chi connectivity index (χ1n) is 21.0. The molecule has 1 aliphatic heterocycles. The van der Waals surface area contributed by atoms with Gasteiger partial charge in [0, 0.05) is 51.7 Å². The molecular formula is C45H40Cl3F6N9O8. The second kappa shape index (κ2) is 22.8. The van der Waals surface area contributed by atoms with E-state index in [0.717, 1.165) is 39.1 Å². The molecule has 0 amide bonds. The van der Waals surface area contributed by atoms with Crippen molar-refractivity contribution in [2.24, 2.45) is 19.1 Å². The molecule has 0 saturated carbocycles. The Labute approximate surface area is 412 Å². The summed E-state index contributed by atoms with van der Waals surface area (Å²) >= 11 is 17.0. The lowest BCUT2D eigenvalue weighted by Crippen LogP contribution is -2.40. The summed E-state index contributed by atoms with van der Waals surface area (Å²) in [6.45, 7) is 4.17. The maximum atomic E-state index is 13.3. The number of fused-ring (bicyclic) bond motifs is 2. The van der Waals surface area contributed by atoms with Crippen molar-refractivity contribution in [2.45, 2.75) is 71.3 Å². The summed E-state index contributed by atoms with van der Waals surface area (Å²) in [5.74, 6) is -0.139. The second-order valence-corrected chi connectivity index (χ2v) is 16.2. The number of nitrogens with zero attached hydrogens (tertiary/aromatic N) is 9. The third-order valence-electron chi connectivity index (χ3n) is 9.82. The van der Waals surface area contributed by atoms with Gasteiger partial charge >= 0.3 is 30.1 Å². The van der Waals surface area contributed by atoms with Crippen LogP contribution in [0, 0.1) is 0 Å². The highest BCUT2D eigenvalue weighted by Gasteiger charge is 2.33. The van der Waals surface area contributed by atoms with Crippen LogP contribution in [0.25, 0.3) is 11.2 Å². The summed E-state index contributed by atoms with van der Waals surface area (Å²) in [6, 6.07) is 16.5. The number of aliphatic imine (C=N–C) groups is 1. The van der Waals surface area contributed by atoms with E-state index in [0.29, 0.717) is 40.0 Å². The molecule has 376 valence electrons. The van der Waals surface area contributed by atoms with Crippen LogP contribution in [0.2, 0.25) is 10.0 Å². The Hall–Kier alpha value is -7.11. The van der Waals surface area contributed by atoms with Crippen LogP contribution in [0.5, 0.6) is 29.0 Å². The number of benzene rings is 2. The van der Waals surface area contributed by atoms with Crippen LogP contribution >= 0.6 is 34.8 Å². The minimum Gasteiger partial charge on any atom is -0.442 e. The topological polar surface area (TPSA) is 181 Å². The Morgan fingerprint density at radius 1 is 0.648 bits per heavy atom. The first-order chi connectivity index (χ1) is 33.6. The minimum atomic E-state index is -4.88. The Bertz CT molecular complexity index is 3300. The fraction of sp³-hybridized carbons (Fsp3) is 0.289. The molecule has 6 heterocycles. The largest absolute Gasteiger partial charge is 0.573 e. The number of imidazole rings is 1. The SMILES string of the molecule is CCCn1c(=O)c2c(n(C)c1=O)N=C(Oc1cccc(OC(F)(F)F)c1)C2.CCCn1c(=O)c2c(nc(Oc3cccc(OC(F)(F)F)c3)n2Cc2ccc(Cl)cn2)n(C)c1=O.ClCc1ccc(Cl)cn1. The number of aromatic nitrogens is 8. The summed E-state index contributed by atoms with van der Waals surface area (Å²) in [5, 5.41) is 1.05. The number of halogens is 9. The molecule has 7 aromatic rings. The minimum absolute atomic E-state index is 0.0152. The van der Waals surface area contributed by atoms with Gasteiger partial charge in [-0.25, -0.2) is 9.59 Å². The van der Waals surface area contributed by atoms with E-state index in [4.69, 9.17) is 44.3 Å². The Morgan fingerprint density at radius 2 is 1.15 bits per heavy atom. The zero-order valence-corrected chi connectivity index (χ0v) is 40.0. The summed E-state index contributed by atoms with van der Waals surface area (Å²) in [5.41, 5.74) is -0.250. The predicted molar refractivity (Wildman–Crippen MR) is 251 cm³/mol. The summed E-state index contributed by atoms with van der Waals surface area (Å²) < 4.78 is 100. The monoisotopic (exact) mass is 1050 g/mol. The van der Waals surface area contributed by atoms with Gasteiger partial charge in [-0.1, -0.05) is 49.2 Å². The van der Waals surface area contributed by atoms with E-state index in [1.54, 1.807) is 30.5 Å². The molecule has 0 unspecified atom stereocenters. The summed E-state index contributed by atoms with van der Waals surface area (Å²) in [6.07, 6.45) is -5.49. The van der Waals surface area contributed by atoms with Crippen molar-refractivity contribution in [1.82, 2.24) is 37.8 Å². The zero-order chi connectivity index (χ0) is 51.8. The molecule has 0 bridgehead atoms. The van der Waals surface area contributed by atoms with Crippen LogP contribution in [0.1, 0.15) is 43.6 Å². The predicted octanol–water partition coefficient (Wildman–Crippen LogP) is 9.09. The van der Waals surface area contributed by atoms with Gasteiger partial charge in [-0.15, -0.1) is 37.9 Å². The van der Waals surface area contributed by atoms with E-state index in [2.05, 4.69) is 29.4 Å². The molecule has 17 nitrogen and oxygen atoms in total. The van der Waals surface area contributed by atoms with Crippen molar-refractivity contribution in [3.8, 4) is 29.0 Å². The van der Waals surface area contributed by atoms with Gasteiger partial charge in [-0.05, 0) is 61.4 Å². The molecule has 0 radical (unpaired) electrons. The fourth-order valence-corrected chi connectivity index (χ4v) is 7.14. The van der Waals surface area contributed by atoms with Crippen LogP contribution in [0.15, 0.2) is 109 Å². The van der Waals surface area contributed by atoms with Crippen LogP contribution < -0.4 is 41.4 Å². The molecule has 8 rings (SSSR count). The number of hydrogen-bond acceptors (Lipinski definition) is 12. The molecule has 0 fully saturated rings. The highest BCUT2D eigenvalue weighted by molar-refractivity contribution is 6.30. The Balaban J connectivity index is 0.000000202. The second-order valence-electron chi connectivity index (χ2n) is 15.1. The van der Waals surface area contributed by atoms with E-state index < -0.39 is 46.7 Å². The van der Waals surface area contributed by atoms with E-state index in [1.807, 2.05) is 13.8 Å². The molecule has 5 aromatic heterocycles. The average molecular weight is 1060 g/mol. The van der Waals surface area contributed by atoms with Gasteiger partial charge in [0.1, 0.15) is 28.8 Å². The molecule has 0 N–H and O–H groups in total. The zero-order valence-electron chi connectivity index (χ0n) is 37.7. The maximum absolute atomic E-state index is 13.3. The third kappa shape index (κ3) is 13.6. The molecule has 2 aromatic carbocycles. The van der Waals surface area contributed by atoms with E-state index in [-0.39, 0.29) is 66.4 Å². The van der Waals surface area contributed by atoms with Gasteiger partial charge < -0.3 is 18.9 Å².